The summed E-state index contributed by atoms with van der Waals surface area (Å²) in [5, 5.41) is 11.5. The van der Waals surface area contributed by atoms with Gasteiger partial charge in [-0.2, -0.15) is 0 Å². The SMILES string of the molecule is Nc1ccccc1SC(c1ccc(F)cc1)[C@H](NC(=O)OCc1ccccc1)C(=O)O. The van der Waals surface area contributed by atoms with Crippen LogP contribution in [0, 0.1) is 5.82 Å². The molecule has 0 heterocycles. The van der Waals surface area contributed by atoms with E-state index in [1.165, 1.54) is 36.0 Å². The second kappa shape index (κ2) is 10.5. The number of nitrogen functional groups attached to an aromatic ring is 1. The van der Waals surface area contributed by atoms with E-state index in [2.05, 4.69) is 5.32 Å². The molecule has 0 radical (unpaired) electrons. The van der Waals surface area contributed by atoms with Gasteiger partial charge in [0.25, 0.3) is 0 Å². The number of hydrogen-bond donors (Lipinski definition) is 3. The van der Waals surface area contributed by atoms with E-state index in [1.54, 1.807) is 36.4 Å². The Kier molecular flexibility index (Phi) is 7.50. The number of carbonyl (C=O) groups excluding carboxylic acids is 1. The lowest BCUT2D eigenvalue weighted by atomic mass is 10.1. The minimum atomic E-state index is -1.35. The van der Waals surface area contributed by atoms with Crippen LogP contribution in [0.3, 0.4) is 0 Å². The largest absolute Gasteiger partial charge is 0.480 e. The quantitative estimate of drug-likeness (QED) is 0.349. The van der Waals surface area contributed by atoms with Gasteiger partial charge in [-0.15, -0.1) is 11.8 Å². The summed E-state index contributed by atoms with van der Waals surface area (Å²) in [4.78, 5) is 25.1. The number of anilines is 1. The van der Waals surface area contributed by atoms with Crippen LogP contribution in [0.5, 0.6) is 0 Å². The van der Waals surface area contributed by atoms with Crippen LogP contribution in [0.15, 0.2) is 83.8 Å². The molecule has 0 aliphatic carbocycles. The normalized spacial score (nSPS) is 12.5. The first kappa shape index (κ1) is 22.2. The molecule has 0 aliphatic rings. The van der Waals surface area contributed by atoms with Gasteiger partial charge < -0.3 is 20.9 Å². The zero-order valence-electron chi connectivity index (χ0n) is 16.4. The molecule has 0 aromatic heterocycles. The van der Waals surface area contributed by atoms with E-state index < -0.39 is 29.2 Å². The molecule has 0 spiro atoms. The number of nitrogens with two attached hydrogens (primary N) is 1. The number of carboxylic acids is 1. The fourth-order valence-electron chi connectivity index (χ4n) is 2.86. The maximum atomic E-state index is 13.4. The Balaban J connectivity index is 1.82. The third-order valence-corrected chi connectivity index (χ3v) is 5.85. The number of amides is 1. The summed E-state index contributed by atoms with van der Waals surface area (Å²) in [7, 11) is 0. The molecule has 0 saturated heterocycles. The average Bonchev–Trinajstić information content (AvgIpc) is 2.77. The van der Waals surface area contributed by atoms with Gasteiger partial charge in [0.1, 0.15) is 18.5 Å². The number of hydrogen-bond acceptors (Lipinski definition) is 5. The third-order valence-electron chi connectivity index (χ3n) is 4.43. The number of benzene rings is 3. The van der Waals surface area contributed by atoms with Gasteiger partial charge in [0.2, 0.25) is 0 Å². The predicted octanol–water partition coefficient (Wildman–Crippen LogP) is 4.62. The topological polar surface area (TPSA) is 102 Å². The lowest BCUT2D eigenvalue weighted by Crippen LogP contribution is -2.44. The standard InChI is InChI=1S/C23H21FN2O4S/c24-17-12-10-16(11-13-17)21(31-19-9-5-4-8-18(19)25)20(22(27)28)26-23(29)30-14-15-6-2-1-3-7-15/h1-13,20-21H,14,25H2,(H,26,29)(H,27,28)/t20-,21?/m0/s1. The molecular formula is C23H21FN2O4S. The predicted molar refractivity (Wildman–Crippen MR) is 117 cm³/mol. The van der Waals surface area contributed by atoms with E-state index in [4.69, 9.17) is 10.5 Å². The van der Waals surface area contributed by atoms with Crippen molar-refractivity contribution in [3.05, 3.63) is 95.8 Å². The van der Waals surface area contributed by atoms with E-state index >= 15 is 0 Å². The molecule has 1 amide bonds. The third kappa shape index (κ3) is 6.23. The summed E-state index contributed by atoms with van der Waals surface area (Å²) in [6.07, 6.45) is -0.870. The van der Waals surface area contributed by atoms with Gasteiger partial charge >= 0.3 is 12.1 Å². The van der Waals surface area contributed by atoms with Crippen molar-refractivity contribution in [2.45, 2.75) is 22.8 Å². The van der Waals surface area contributed by atoms with Gasteiger partial charge in [0, 0.05) is 10.6 Å². The van der Waals surface area contributed by atoms with Crippen LogP contribution in [0.25, 0.3) is 0 Å². The van der Waals surface area contributed by atoms with Crippen LogP contribution in [0.1, 0.15) is 16.4 Å². The highest BCUT2D eigenvalue weighted by atomic mass is 32.2. The molecule has 3 rings (SSSR count). The highest BCUT2D eigenvalue weighted by Gasteiger charge is 2.33. The molecule has 8 heteroatoms. The minimum Gasteiger partial charge on any atom is -0.480 e. The van der Waals surface area contributed by atoms with Crippen molar-refractivity contribution in [2.75, 3.05) is 5.73 Å². The summed E-state index contributed by atoms with van der Waals surface area (Å²) < 4.78 is 18.6. The molecule has 4 N–H and O–H groups in total. The molecule has 3 aromatic rings. The lowest BCUT2D eigenvalue weighted by molar-refractivity contribution is -0.139. The number of aliphatic carboxylic acids is 1. The molecule has 0 saturated carbocycles. The second-order valence-electron chi connectivity index (χ2n) is 6.65. The average molecular weight is 440 g/mol. The van der Waals surface area contributed by atoms with Crippen molar-refractivity contribution < 1.29 is 23.8 Å². The summed E-state index contributed by atoms with van der Waals surface area (Å²) in [6.45, 7) is -0.000989. The van der Waals surface area contributed by atoms with Crippen LogP contribution in [-0.2, 0) is 16.1 Å². The monoisotopic (exact) mass is 440 g/mol. The van der Waals surface area contributed by atoms with Crippen molar-refractivity contribution in [1.29, 1.82) is 0 Å². The first-order valence-corrected chi connectivity index (χ1v) is 10.3. The first-order chi connectivity index (χ1) is 14.9. The van der Waals surface area contributed by atoms with Crippen LogP contribution in [0.2, 0.25) is 0 Å². The maximum Gasteiger partial charge on any atom is 0.408 e. The molecule has 160 valence electrons. The van der Waals surface area contributed by atoms with E-state index in [0.29, 0.717) is 16.1 Å². The molecule has 0 aliphatic heterocycles. The second-order valence-corrected chi connectivity index (χ2v) is 7.83. The summed E-state index contributed by atoms with van der Waals surface area (Å²) in [5.74, 6) is -1.71. The fraction of sp³-hybridized carbons (Fsp3) is 0.130. The number of alkyl carbamates (subject to hydrolysis) is 1. The summed E-state index contributed by atoms with van der Waals surface area (Å²) in [6, 6.07) is 20.1. The van der Waals surface area contributed by atoms with Crippen molar-refractivity contribution in [3.63, 3.8) is 0 Å². The van der Waals surface area contributed by atoms with Gasteiger partial charge in [-0.3, -0.25) is 0 Å². The van der Waals surface area contributed by atoms with Crippen LogP contribution in [0.4, 0.5) is 14.9 Å². The number of carbonyl (C=O) groups is 2. The van der Waals surface area contributed by atoms with Crippen LogP contribution >= 0.6 is 11.8 Å². The highest BCUT2D eigenvalue weighted by molar-refractivity contribution is 7.99. The number of halogens is 1. The van der Waals surface area contributed by atoms with Crippen molar-refractivity contribution in [2.24, 2.45) is 0 Å². The van der Waals surface area contributed by atoms with E-state index in [1.807, 2.05) is 18.2 Å². The number of nitrogens with one attached hydrogen (secondary N) is 1. The Morgan fingerprint density at radius 2 is 1.65 bits per heavy atom. The number of thioether (sulfide) groups is 1. The lowest BCUT2D eigenvalue weighted by Gasteiger charge is -2.25. The number of carboxylic acid groups (broad SMARTS) is 1. The Morgan fingerprint density at radius 3 is 2.29 bits per heavy atom. The molecule has 3 aromatic carbocycles. The van der Waals surface area contributed by atoms with Crippen molar-refractivity contribution in [1.82, 2.24) is 5.32 Å². The number of ether oxygens (including phenoxy) is 1. The molecular weight excluding hydrogens is 419 g/mol. The smallest absolute Gasteiger partial charge is 0.408 e. The van der Waals surface area contributed by atoms with Gasteiger partial charge in [0.15, 0.2) is 0 Å². The van der Waals surface area contributed by atoms with E-state index in [0.717, 1.165) is 5.56 Å². The molecule has 0 fully saturated rings. The van der Waals surface area contributed by atoms with Crippen molar-refractivity contribution in [3.8, 4) is 0 Å². The number of para-hydroxylation sites is 1. The zero-order chi connectivity index (χ0) is 22.2. The molecule has 6 nitrogen and oxygen atoms in total. The highest BCUT2D eigenvalue weighted by Crippen LogP contribution is 2.40. The van der Waals surface area contributed by atoms with Gasteiger partial charge in [0.05, 0.1) is 5.25 Å². The summed E-state index contributed by atoms with van der Waals surface area (Å²) in [5.41, 5.74) is 7.78. The van der Waals surface area contributed by atoms with Gasteiger partial charge in [-0.25, -0.2) is 14.0 Å². The Hall–Kier alpha value is -3.52. The molecule has 0 bridgehead atoms. The molecule has 1 unspecified atom stereocenters. The Labute approximate surface area is 183 Å². The van der Waals surface area contributed by atoms with Gasteiger partial charge in [-0.05, 0) is 35.4 Å². The van der Waals surface area contributed by atoms with Crippen LogP contribution < -0.4 is 11.1 Å². The molecule has 31 heavy (non-hydrogen) atoms. The maximum absolute atomic E-state index is 13.4. The van der Waals surface area contributed by atoms with Gasteiger partial charge in [-0.1, -0.05) is 54.6 Å². The Bertz CT molecular complexity index is 1030. The number of rotatable bonds is 8. The van der Waals surface area contributed by atoms with Crippen molar-refractivity contribution >= 4 is 29.5 Å². The zero-order valence-corrected chi connectivity index (χ0v) is 17.2. The minimum absolute atomic E-state index is 0.000989. The van der Waals surface area contributed by atoms with Crippen LogP contribution in [-0.4, -0.2) is 23.2 Å². The molecule has 2 atom stereocenters. The van der Waals surface area contributed by atoms with E-state index in [9.17, 15) is 19.1 Å². The fourth-order valence-corrected chi connectivity index (χ4v) is 4.11. The van der Waals surface area contributed by atoms with E-state index in [-0.39, 0.29) is 6.61 Å². The Morgan fingerprint density at radius 1 is 1.00 bits per heavy atom. The summed E-state index contributed by atoms with van der Waals surface area (Å²) >= 11 is 1.17. The first-order valence-electron chi connectivity index (χ1n) is 9.40.